The molecule has 0 saturated heterocycles. The minimum Gasteiger partial charge on any atom is -0.258 e. The third-order valence-corrected chi connectivity index (χ3v) is 3.69. The topological polar surface area (TPSA) is 138 Å². The van der Waals surface area contributed by atoms with Crippen molar-refractivity contribution in [3.05, 3.63) is 50.4 Å². The third-order valence-electron chi connectivity index (χ3n) is 2.35. The first-order chi connectivity index (χ1) is 9.46. The van der Waals surface area contributed by atoms with E-state index >= 15 is 0 Å². The van der Waals surface area contributed by atoms with E-state index in [2.05, 4.69) is 14.7 Å². The number of nitro benzene ring substituents is 1. The number of nitrogens with zero attached hydrogens (tertiary/aromatic N) is 4. The van der Waals surface area contributed by atoms with Gasteiger partial charge in [0.1, 0.15) is 0 Å². The van der Waals surface area contributed by atoms with E-state index in [1.165, 1.54) is 18.2 Å². The van der Waals surface area contributed by atoms with Crippen molar-refractivity contribution in [2.75, 3.05) is 13.1 Å². The molecule has 0 spiro atoms. The first kappa shape index (κ1) is 15.9. The maximum Gasteiger partial charge on any atom is 0.273 e. The summed E-state index contributed by atoms with van der Waals surface area (Å²) in [6.45, 7) is 0.298. The lowest BCUT2D eigenvalue weighted by atomic mass is 10.2. The molecule has 9 nitrogen and oxygen atoms in total. The van der Waals surface area contributed by atoms with Crippen LogP contribution in [-0.4, -0.2) is 26.4 Å². The van der Waals surface area contributed by atoms with E-state index in [9.17, 15) is 18.5 Å². The van der Waals surface area contributed by atoms with Gasteiger partial charge in [0, 0.05) is 29.6 Å². The summed E-state index contributed by atoms with van der Waals surface area (Å²) in [5.41, 5.74) is 7.95. The Balaban J connectivity index is 2.67. The molecule has 0 saturated carbocycles. The summed E-state index contributed by atoms with van der Waals surface area (Å²) in [7, 11) is -3.67. The number of rotatable bonds is 8. The molecular formula is C10H13N5O4S. The van der Waals surface area contributed by atoms with Crippen LogP contribution in [0.2, 0.25) is 0 Å². The van der Waals surface area contributed by atoms with Gasteiger partial charge < -0.3 is 0 Å². The predicted molar refractivity (Wildman–Crippen MR) is 72.4 cm³/mol. The number of hydrogen-bond acceptors (Lipinski definition) is 5. The van der Waals surface area contributed by atoms with Crippen LogP contribution in [0.25, 0.3) is 10.4 Å². The normalized spacial score (nSPS) is 10.8. The van der Waals surface area contributed by atoms with Gasteiger partial charge in [0.15, 0.2) is 0 Å². The van der Waals surface area contributed by atoms with Gasteiger partial charge >= 0.3 is 0 Å². The zero-order valence-corrected chi connectivity index (χ0v) is 11.3. The van der Waals surface area contributed by atoms with Crippen molar-refractivity contribution >= 4 is 15.7 Å². The summed E-state index contributed by atoms with van der Waals surface area (Å²) < 4.78 is 25.8. The van der Waals surface area contributed by atoms with Crippen molar-refractivity contribution in [3.63, 3.8) is 0 Å². The van der Waals surface area contributed by atoms with Crippen molar-refractivity contribution < 1.29 is 13.3 Å². The van der Waals surface area contributed by atoms with E-state index in [1.807, 2.05) is 0 Å². The van der Waals surface area contributed by atoms with Gasteiger partial charge in [-0.25, -0.2) is 13.1 Å². The molecule has 0 heterocycles. The second kappa shape index (κ2) is 7.43. The molecule has 0 amide bonds. The lowest BCUT2D eigenvalue weighted by molar-refractivity contribution is -0.385. The van der Waals surface area contributed by atoms with Gasteiger partial charge in [-0.1, -0.05) is 23.3 Å². The Kier molecular flexibility index (Phi) is 5.91. The molecule has 10 heteroatoms. The number of azide groups is 1. The summed E-state index contributed by atoms with van der Waals surface area (Å²) in [6, 6.07) is 5.67. The van der Waals surface area contributed by atoms with Crippen molar-refractivity contribution in [1.29, 1.82) is 0 Å². The van der Waals surface area contributed by atoms with Gasteiger partial charge in [0.25, 0.3) is 5.69 Å². The van der Waals surface area contributed by atoms with E-state index < -0.39 is 20.7 Å². The monoisotopic (exact) mass is 299 g/mol. The van der Waals surface area contributed by atoms with Crippen molar-refractivity contribution in [2.45, 2.75) is 12.2 Å². The minimum absolute atomic E-state index is 0.113. The quantitative estimate of drug-likeness (QED) is 0.195. The second-order valence-corrected chi connectivity index (χ2v) is 5.65. The van der Waals surface area contributed by atoms with Gasteiger partial charge in [-0.3, -0.25) is 10.1 Å². The highest BCUT2D eigenvalue weighted by Gasteiger charge is 2.19. The Labute approximate surface area is 115 Å². The minimum atomic E-state index is -3.67. The van der Waals surface area contributed by atoms with E-state index in [0.29, 0.717) is 6.42 Å². The van der Waals surface area contributed by atoms with Crippen LogP contribution in [0.4, 0.5) is 5.69 Å². The fourth-order valence-electron chi connectivity index (χ4n) is 1.49. The molecule has 1 rings (SSSR count). The van der Waals surface area contributed by atoms with E-state index in [0.717, 1.165) is 0 Å². The number of nitrogens with one attached hydrogen (secondary N) is 1. The Morgan fingerprint density at radius 3 is 2.75 bits per heavy atom. The van der Waals surface area contributed by atoms with Crippen LogP contribution < -0.4 is 4.72 Å². The van der Waals surface area contributed by atoms with Gasteiger partial charge in [-0.05, 0) is 12.0 Å². The molecule has 108 valence electrons. The number of nitro groups is 1. The summed E-state index contributed by atoms with van der Waals surface area (Å²) in [5, 5.41) is 14.1. The lowest BCUT2D eigenvalue weighted by Crippen LogP contribution is -2.26. The number of para-hydroxylation sites is 1. The molecule has 1 N–H and O–H groups in total. The first-order valence-electron chi connectivity index (χ1n) is 5.67. The van der Waals surface area contributed by atoms with Gasteiger partial charge in [0.05, 0.1) is 10.7 Å². The summed E-state index contributed by atoms with van der Waals surface area (Å²) in [6.07, 6.45) is 0.361. The number of hydrogen-bond donors (Lipinski definition) is 1. The van der Waals surface area contributed by atoms with Gasteiger partial charge in [0.2, 0.25) is 10.0 Å². The van der Waals surface area contributed by atoms with Crippen LogP contribution in [-0.2, 0) is 15.8 Å². The van der Waals surface area contributed by atoms with Crippen molar-refractivity contribution in [3.8, 4) is 0 Å². The predicted octanol–water partition coefficient (Wildman–Crippen LogP) is 1.71. The second-order valence-electron chi connectivity index (χ2n) is 3.85. The summed E-state index contributed by atoms with van der Waals surface area (Å²) >= 11 is 0. The van der Waals surface area contributed by atoms with Crippen molar-refractivity contribution in [2.24, 2.45) is 5.11 Å². The highest BCUT2D eigenvalue weighted by molar-refractivity contribution is 7.88. The standard InChI is InChI=1S/C10H13N5O4S/c11-14-12-6-3-7-13-20(18,19)8-9-4-1-2-5-10(9)15(16)17/h1-2,4-5,13H,3,6-8H2. The maximum atomic E-state index is 11.8. The summed E-state index contributed by atoms with van der Waals surface area (Å²) in [5.74, 6) is -0.467. The molecule has 0 fully saturated rings. The van der Waals surface area contributed by atoms with E-state index in [1.54, 1.807) is 6.07 Å². The summed E-state index contributed by atoms with van der Waals surface area (Å²) in [4.78, 5) is 12.7. The van der Waals surface area contributed by atoms with Crippen LogP contribution in [0.5, 0.6) is 0 Å². The Hall–Kier alpha value is -2.16. The smallest absolute Gasteiger partial charge is 0.258 e. The SMILES string of the molecule is [N-]=[N+]=NCCCNS(=O)(=O)Cc1ccccc1[N+](=O)[O-]. The average molecular weight is 299 g/mol. The number of sulfonamides is 1. The van der Waals surface area contributed by atoms with Crippen LogP contribution in [0.15, 0.2) is 29.4 Å². The molecule has 1 aromatic rings. The molecule has 0 aliphatic carbocycles. The van der Waals surface area contributed by atoms with E-state index in [-0.39, 0.29) is 24.3 Å². The molecule has 0 aliphatic heterocycles. The Bertz CT molecular complexity index is 624. The number of benzene rings is 1. The molecule has 0 aliphatic rings. The highest BCUT2D eigenvalue weighted by Crippen LogP contribution is 2.19. The molecule has 0 bridgehead atoms. The maximum absolute atomic E-state index is 11.8. The fourth-order valence-corrected chi connectivity index (χ4v) is 2.70. The molecule has 20 heavy (non-hydrogen) atoms. The highest BCUT2D eigenvalue weighted by atomic mass is 32.2. The Morgan fingerprint density at radius 1 is 1.40 bits per heavy atom. The van der Waals surface area contributed by atoms with Crippen LogP contribution in [0.3, 0.4) is 0 Å². The average Bonchev–Trinajstić information content (AvgIpc) is 2.38. The first-order valence-corrected chi connectivity index (χ1v) is 7.32. The molecular weight excluding hydrogens is 286 g/mol. The van der Waals surface area contributed by atoms with Crippen molar-refractivity contribution in [1.82, 2.24) is 4.72 Å². The fraction of sp³-hybridized carbons (Fsp3) is 0.400. The molecule has 1 aromatic carbocycles. The third kappa shape index (κ3) is 5.22. The lowest BCUT2D eigenvalue weighted by Gasteiger charge is -2.06. The molecule has 0 unspecified atom stereocenters. The zero-order chi connectivity index (χ0) is 15.0. The van der Waals surface area contributed by atoms with Crippen LogP contribution >= 0.6 is 0 Å². The molecule has 0 radical (unpaired) electrons. The molecule has 0 aromatic heterocycles. The molecule has 0 atom stereocenters. The van der Waals surface area contributed by atoms with E-state index in [4.69, 9.17) is 5.53 Å². The zero-order valence-electron chi connectivity index (χ0n) is 10.5. The van der Waals surface area contributed by atoms with Gasteiger partial charge in [-0.2, -0.15) is 0 Å². The van der Waals surface area contributed by atoms with Gasteiger partial charge in [-0.15, -0.1) is 0 Å². The Morgan fingerprint density at radius 2 is 2.10 bits per heavy atom. The largest absolute Gasteiger partial charge is 0.273 e. The van der Waals surface area contributed by atoms with Crippen LogP contribution in [0, 0.1) is 10.1 Å². The van der Waals surface area contributed by atoms with Crippen LogP contribution in [0.1, 0.15) is 12.0 Å².